The van der Waals surface area contributed by atoms with Crippen LogP contribution in [-0.4, -0.2) is 9.97 Å². The van der Waals surface area contributed by atoms with Crippen LogP contribution in [0, 0.1) is 3.57 Å². The number of nitrogens with zero attached hydrogens (tertiary/aromatic N) is 2. The number of nitrogens with two attached hydrogens (primary N) is 1. The largest absolute Gasteiger partial charge is 0.383 e. The average molecular weight is 478 g/mol. The van der Waals surface area contributed by atoms with E-state index in [4.69, 9.17) is 10.7 Å². The zero-order valence-corrected chi connectivity index (χ0v) is 16.7. The molecule has 0 aliphatic rings. The van der Waals surface area contributed by atoms with E-state index in [9.17, 15) is 0 Å². The molecule has 0 fully saturated rings. The van der Waals surface area contributed by atoms with Gasteiger partial charge in [0.1, 0.15) is 11.6 Å². The topological polar surface area (TPSA) is 51.8 Å². The SMILES string of the molecule is CC(C)(C)c1nc(CSc2cccc(Br)c2)nc(N)c1I. The predicted octanol–water partition coefficient (Wildman–Crippen LogP) is 5.02. The summed E-state index contributed by atoms with van der Waals surface area (Å²) in [6.45, 7) is 6.42. The highest BCUT2D eigenvalue weighted by Gasteiger charge is 2.22. The van der Waals surface area contributed by atoms with Crippen molar-refractivity contribution in [1.82, 2.24) is 9.97 Å². The number of anilines is 1. The Morgan fingerprint density at radius 2 is 2.00 bits per heavy atom. The lowest BCUT2D eigenvalue weighted by Gasteiger charge is -2.20. The molecule has 2 N–H and O–H groups in total. The summed E-state index contributed by atoms with van der Waals surface area (Å²) in [6.07, 6.45) is 0. The quantitative estimate of drug-likeness (QED) is 0.498. The van der Waals surface area contributed by atoms with Gasteiger partial charge in [0, 0.05) is 14.8 Å². The van der Waals surface area contributed by atoms with Crippen LogP contribution in [-0.2, 0) is 11.2 Å². The standard InChI is InChI=1S/C15H17BrIN3S/c1-15(2,3)13-12(17)14(18)20-11(19-13)8-21-10-6-4-5-9(16)7-10/h4-7H,8H2,1-3H3,(H2,18,19,20). The van der Waals surface area contributed by atoms with E-state index in [1.165, 1.54) is 4.90 Å². The number of halogens is 2. The Morgan fingerprint density at radius 1 is 1.29 bits per heavy atom. The van der Waals surface area contributed by atoms with Crippen LogP contribution in [0.25, 0.3) is 0 Å². The lowest BCUT2D eigenvalue weighted by molar-refractivity contribution is 0.560. The fraction of sp³-hybridized carbons (Fsp3) is 0.333. The van der Waals surface area contributed by atoms with Gasteiger partial charge in [-0.2, -0.15) is 0 Å². The highest BCUT2D eigenvalue weighted by Crippen LogP contribution is 2.30. The van der Waals surface area contributed by atoms with Crippen LogP contribution in [0.15, 0.2) is 33.6 Å². The maximum absolute atomic E-state index is 6.04. The minimum Gasteiger partial charge on any atom is -0.383 e. The Balaban J connectivity index is 2.23. The monoisotopic (exact) mass is 477 g/mol. The lowest BCUT2D eigenvalue weighted by atomic mass is 9.92. The highest BCUT2D eigenvalue weighted by atomic mass is 127. The Labute approximate surface area is 151 Å². The van der Waals surface area contributed by atoms with E-state index in [1.54, 1.807) is 11.8 Å². The zero-order valence-electron chi connectivity index (χ0n) is 12.2. The number of nitrogen functional groups attached to an aromatic ring is 1. The van der Waals surface area contributed by atoms with Crippen LogP contribution in [0.4, 0.5) is 5.82 Å². The second kappa shape index (κ2) is 6.83. The molecule has 0 aliphatic carbocycles. The molecule has 0 bridgehead atoms. The third kappa shape index (κ3) is 4.56. The molecular formula is C15H17BrIN3S. The van der Waals surface area contributed by atoms with Gasteiger partial charge in [-0.3, -0.25) is 0 Å². The van der Waals surface area contributed by atoms with Gasteiger partial charge in [-0.1, -0.05) is 42.8 Å². The third-order valence-corrected chi connectivity index (χ3v) is 5.34. The zero-order chi connectivity index (χ0) is 15.6. The van der Waals surface area contributed by atoms with E-state index >= 15 is 0 Å². The van der Waals surface area contributed by atoms with E-state index in [1.807, 2.05) is 12.1 Å². The van der Waals surface area contributed by atoms with Crippen LogP contribution in [0.1, 0.15) is 32.3 Å². The first-order valence-electron chi connectivity index (χ1n) is 6.48. The van der Waals surface area contributed by atoms with Crippen molar-refractivity contribution in [2.75, 3.05) is 5.73 Å². The van der Waals surface area contributed by atoms with Crippen molar-refractivity contribution in [2.45, 2.75) is 36.8 Å². The molecule has 0 saturated carbocycles. The minimum atomic E-state index is -0.0389. The summed E-state index contributed by atoms with van der Waals surface area (Å²) in [7, 11) is 0. The van der Waals surface area contributed by atoms with Gasteiger partial charge >= 0.3 is 0 Å². The summed E-state index contributed by atoms with van der Waals surface area (Å²) in [5, 5.41) is 0. The van der Waals surface area contributed by atoms with Crippen molar-refractivity contribution in [3.63, 3.8) is 0 Å². The fourth-order valence-corrected chi connectivity index (χ4v) is 4.19. The van der Waals surface area contributed by atoms with Crippen LogP contribution >= 0.6 is 50.3 Å². The van der Waals surface area contributed by atoms with Crippen LogP contribution in [0.2, 0.25) is 0 Å². The van der Waals surface area contributed by atoms with Gasteiger partial charge in [0.15, 0.2) is 0 Å². The first kappa shape index (κ1) is 17.0. The van der Waals surface area contributed by atoms with Crippen LogP contribution in [0.5, 0.6) is 0 Å². The Kier molecular flexibility index (Phi) is 5.54. The summed E-state index contributed by atoms with van der Waals surface area (Å²) >= 11 is 7.42. The molecule has 1 heterocycles. The molecule has 6 heteroatoms. The highest BCUT2D eigenvalue weighted by molar-refractivity contribution is 14.1. The van der Waals surface area contributed by atoms with Gasteiger partial charge in [-0.05, 0) is 40.8 Å². The van der Waals surface area contributed by atoms with Gasteiger partial charge < -0.3 is 5.73 Å². The molecule has 2 rings (SSSR count). The first-order valence-corrected chi connectivity index (χ1v) is 9.34. The second-order valence-corrected chi connectivity index (χ2v) is 8.73. The molecule has 0 atom stereocenters. The van der Waals surface area contributed by atoms with Crippen molar-refractivity contribution in [3.8, 4) is 0 Å². The molecule has 0 radical (unpaired) electrons. The Hall–Kier alpha value is -0.340. The third-order valence-electron chi connectivity index (χ3n) is 2.80. The molecule has 0 saturated heterocycles. The maximum atomic E-state index is 6.04. The van der Waals surface area contributed by atoms with Crippen molar-refractivity contribution < 1.29 is 0 Å². The number of rotatable bonds is 3. The molecule has 1 aromatic heterocycles. The lowest BCUT2D eigenvalue weighted by Crippen LogP contribution is -2.19. The van der Waals surface area contributed by atoms with Crippen molar-refractivity contribution in [3.05, 3.63) is 43.8 Å². The van der Waals surface area contributed by atoms with Gasteiger partial charge in [0.2, 0.25) is 0 Å². The van der Waals surface area contributed by atoms with Crippen LogP contribution < -0.4 is 5.73 Å². The molecule has 0 aliphatic heterocycles. The van der Waals surface area contributed by atoms with E-state index < -0.39 is 0 Å². The molecule has 1 aromatic carbocycles. The van der Waals surface area contributed by atoms with Gasteiger partial charge in [-0.25, -0.2) is 9.97 Å². The molecular weight excluding hydrogens is 461 g/mol. The van der Waals surface area contributed by atoms with Crippen molar-refractivity contribution in [2.24, 2.45) is 0 Å². The first-order chi connectivity index (χ1) is 9.77. The van der Waals surface area contributed by atoms with Crippen LogP contribution in [0.3, 0.4) is 0 Å². The number of hydrogen-bond acceptors (Lipinski definition) is 4. The molecule has 112 valence electrons. The predicted molar refractivity (Wildman–Crippen MR) is 102 cm³/mol. The average Bonchev–Trinajstić information content (AvgIpc) is 2.38. The fourth-order valence-electron chi connectivity index (χ4n) is 1.78. The second-order valence-electron chi connectivity index (χ2n) is 5.68. The van der Waals surface area contributed by atoms with E-state index in [-0.39, 0.29) is 5.41 Å². The van der Waals surface area contributed by atoms with Gasteiger partial charge in [-0.15, -0.1) is 11.8 Å². The van der Waals surface area contributed by atoms with E-state index in [2.05, 4.69) is 76.4 Å². The minimum absolute atomic E-state index is 0.0389. The van der Waals surface area contributed by atoms with E-state index in [0.29, 0.717) is 11.6 Å². The number of aromatic nitrogens is 2. The summed E-state index contributed by atoms with van der Waals surface area (Å²) in [5.41, 5.74) is 7.01. The molecule has 2 aromatic rings. The van der Waals surface area contributed by atoms with Crippen molar-refractivity contribution in [1.29, 1.82) is 0 Å². The number of hydrogen-bond donors (Lipinski definition) is 1. The van der Waals surface area contributed by atoms with Gasteiger partial charge in [0.05, 0.1) is 15.0 Å². The molecule has 3 nitrogen and oxygen atoms in total. The maximum Gasteiger partial charge on any atom is 0.141 e. The molecule has 21 heavy (non-hydrogen) atoms. The number of thioether (sulfide) groups is 1. The summed E-state index contributed by atoms with van der Waals surface area (Å²) in [4.78, 5) is 10.3. The molecule has 0 unspecified atom stereocenters. The summed E-state index contributed by atoms with van der Waals surface area (Å²) in [5.74, 6) is 2.06. The normalized spacial score (nSPS) is 11.7. The van der Waals surface area contributed by atoms with E-state index in [0.717, 1.165) is 19.6 Å². The van der Waals surface area contributed by atoms with Gasteiger partial charge in [0.25, 0.3) is 0 Å². The summed E-state index contributed by atoms with van der Waals surface area (Å²) in [6, 6.07) is 8.21. The summed E-state index contributed by atoms with van der Waals surface area (Å²) < 4.78 is 2.03. The smallest absolute Gasteiger partial charge is 0.141 e. The molecule has 0 spiro atoms. The molecule has 0 amide bonds. The van der Waals surface area contributed by atoms with Crippen molar-refractivity contribution >= 4 is 56.1 Å². The Bertz CT molecular complexity index is 656. The number of benzene rings is 1. The Morgan fingerprint density at radius 3 is 2.62 bits per heavy atom.